The SMILES string of the molecule is CN=C(NCC(=O)NCc1ccc(OC)cc1)NCc1ccsc1. The van der Waals surface area contributed by atoms with Crippen LogP contribution < -0.4 is 20.7 Å². The maximum atomic E-state index is 11.9. The Morgan fingerprint density at radius 3 is 2.46 bits per heavy atom. The van der Waals surface area contributed by atoms with Crippen molar-refractivity contribution in [2.45, 2.75) is 13.1 Å². The molecular formula is C17H22N4O2S. The molecule has 7 heteroatoms. The van der Waals surface area contributed by atoms with E-state index in [1.165, 1.54) is 5.56 Å². The predicted octanol–water partition coefficient (Wildman–Crippen LogP) is 1.74. The molecule has 0 atom stereocenters. The van der Waals surface area contributed by atoms with Gasteiger partial charge in [-0.15, -0.1) is 0 Å². The van der Waals surface area contributed by atoms with Crippen molar-refractivity contribution in [2.24, 2.45) is 4.99 Å². The number of methoxy groups -OCH3 is 1. The van der Waals surface area contributed by atoms with Crippen molar-refractivity contribution in [2.75, 3.05) is 20.7 Å². The van der Waals surface area contributed by atoms with Gasteiger partial charge in [0.1, 0.15) is 5.75 Å². The Bertz CT molecular complexity index is 654. The Morgan fingerprint density at radius 1 is 1.08 bits per heavy atom. The minimum Gasteiger partial charge on any atom is -0.497 e. The summed E-state index contributed by atoms with van der Waals surface area (Å²) < 4.78 is 5.10. The zero-order chi connectivity index (χ0) is 17.2. The van der Waals surface area contributed by atoms with Gasteiger partial charge in [0.2, 0.25) is 5.91 Å². The highest BCUT2D eigenvalue weighted by Crippen LogP contribution is 2.10. The van der Waals surface area contributed by atoms with Crippen LogP contribution in [0.15, 0.2) is 46.1 Å². The van der Waals surface area contributed by atoms with Crippen molar-refractivity contribution in [3.8, 4) is 5.75 Å². The lowest BCUT2D eigenvalue weighted by Crippen LogP contribution is -2.42. The number of benzene rings is 1. The Morgan fingerprint density at radius 2 is 1.83 bits per heavy atom. The highest BCUT2D eigenvalue weighted by atomic mass is 32.1. The number of amides is 1. The van der Waals surface area contributed by atoms with Gasteiger partial charge in [0, 0.05) is 20.1 Å². The van der Waals surface area contributed by atoms with Crippen LogP contribution in [-0.2, 0) is 17.9 Å². The minimum atomic E-state index is -0.0932. The quantitative estimate of drug-likeness (QED) is 0.527. The number of aliphatic imine (C=N–C) groups is 1. The zero-order valence-corrected chi connectivity index (χ0v) is 14.7. The van der Waals surface area contributed by atoms with E-state index in [1.54, 1.807) is 25.5 Å². The number of ether oxygens (including phenoxy) is 1. The molecule has 0 saturated heterocycles. The maximum Gasteiger partial charge on any atom is 0.239 e. The van der Waals surface area contributed by atoms with Crippen LogP contribution in [0.3, 0.4) is 0 Å². The van der Waals surface area contributed by atoms with Gasteiger partial charge in [-0.2, -0.15) is 11.3 Å². The Kier molecular flexibility index (Phi) is 7.10. The van der Waals surface area contributed by atoms with Crippen molar-refractivity contribution in [1.29, 1.82) is 0 Å². The number of carbonyl (C=O) groups is 1. The molecule has 0 saturated carbocycles. The summed E-state index contributed by atoms with van der Waals surface area (Å²) in [6.45, 7) is 1.32. The van der Waals surface area contributed by atoms with Crippen molar-refractivity contribution in [3.05, 3.63) is 52.2 Å². The van der Waals surface area contributed by atoms with Crippen molar-refractivity contribution in [1.82, 2.24) is 16.0 Å². The average Bonchev–Trinajstić information content (AvgIpc) is 3.14. The number of nitrogens with one attached hydrogen (secondary N) is 3. The van der Waals surface area contributed by atoms with Gasteiger partial charge in [0.25, 0.3) is 0 Å². The third kappa shape index (κ3) is 5.92. The average molecular weight is 346 g/mol. The molecule has 0 radical (unpaired) electrons. The van der Waals surface area contributed by atoms with Crippen molar-refractivity contribution in [3.63, 3.8) is 0 Å². The lowest BCUT2D eigenvalue weighted by Gasteiger charge is -2.11. The number of nitrogens with zero attached hydrogens (tertiary/aromatic N) is 1. The highest BCUT2D eigenvalue weighted by molar-refractivity contribution is 7.07. The van der Waals surface area contributed by atoms with E-state index < -0.39 is 0 Å². The van der Waals surface area contributed by atoms with Crippen LogP contribution in [-0.4, -0.2) is 32.6 Å². The molecule has 6 nitrogen and oxygen atoms in total. The Labute approximate surface area is 146 Å². The summed E-state index contributed by atoms with van der Waals surface area (Å²) in [7, 11) is 3.31. The van der Waals surface area contributed by atoms with E-state index in [0.29, 0.717) is 19.0 Å². The second-order valence-electron chi connectivity index (χ2n) is 5.04. The largest absolute Gasteiger partial charge is 0.497 e. The number of guanidine groups is 1. The van der Waals surface area contributed by atoms with Gasteiger partial charge >= 0.3 is 0 Å². The molecule has 2 rings (SSSR count). The molecule has 0 unspecified atom stereocenters. The van der Waals surface area contributed by atoms with Gasteiger partial charge < -0.3 is 20.7 Å². The molecule has 1 amide bonds. The van der Waals surface area contributed by atoms with E-state index in [0.717, 1.165) is 11.3 Å². The zero-order valence-electron chi connectivity index (χ0n) is 13.8. The van der Waals surface area contributed by atoms with E-state index in [1.807, 2.05) is 35.7 Å². The van der Waals surface area contributed by atoms with Gasteiger partial charge in [-0.3, -0.25) is 9.79 Å². The van der Waals surface area contributed by atoms with Crippen LogP contribution in [0.2, 0.25) is 0 Å². The minimum absolute atomic E-state index is 0.0932. The van der Waals surface area contributed by atoms with Gasteiger partial charge in [-0.25, -0.2) is 0 Å². The molecule has 0 aliphatic carbocycles. The molecule has 0 spiro atoms. The first-order chi connectivity index (χ1) is 11.7. The standard InChI is InChI=1S/C17H22N4O2S/c1-18-17(20-10-14-7-8-24-12-14)21-11-16(22)19-9-13-3-5-15(23-2)6-4-13/h3-8,12H,9-11H2,1-2H3,(H,19,22)(H2,18,20,21). The maximum absolute atomic E-state index is 11.9. The van der Waals surface area contributed by atoms with Crippen LogP contribution in [0, 0.1) is 0 Å². The lowest BCUT2D eigenvalue weighted by atomic mass is 10.2. The van der Waals surface area contributed by atoms with E-state index in [4.69, 9.17) is 4.74 Å². The molecule has 3 N–H and O–H groups in total. The van der Waals surface area contributed by atoms with Crippen LogP contribution >= 0.6 is 11.3 Å². The van der Waals surface area contributed by atoms with Gasteiger partial charge in [-0.05, 0) is 40.1 Å². The molecule has 24 heavy (non-hydrogen) atoms. The topological polar surface area (TPSA) is 74.8 Å². The first kappa shape index (κ1) is 17.8. The van der Waals surface area contributed by atoms with E-state index in [2.05, 4.69) is 26.3 Å². The van der Waals surface area contributed by atoms with E-state index in [9.17, 15) is 4.79 Å². The van der Waals surface area contributed by atoms with Gasteiger partial charge in [-0.1, -0.05) is 12.1 Å². The van der Waals surface area contributed by atoms with Crippen LogP contribution in [0.4, 0.5) is 0 Å². The number of hydrogen-bond donors (Lipinski definition) is 3. The Balaban J connectivity index is 1.69. The summed E-state index contributed by atoms with van der Waals surface area (Å²) in [5, 5.41) is 13.1. The lowest BCUT2D eigenvalue weighted by molar-refractivity contribution is -0.120. The first-order valence-electron chi connectivity index (χ1n) is 7.56. The summed E-state index contributed by atoms with van der Waals surface area (Å²) in [5.41, 5.74) is 2.20. The fraction of sp³-hybridized carbons (Fsp3) is 0.294. The third-order valence-electron chi connectivity index (χ3n) is 3.33. The first-order valence-corrected chi connectivity index (χ1v) is 8.50. The van der Waals surface area contributed by atoms with Crippen LogP contribution in [0.25, 0.3) is 0 Å². The van der Waals surface area contributed by atoms with Gasteiger partial charge in [0.15, 0.2) is 5.96 Å². The Hall–Kier alpha value is -2.54. The number of hydrogen-bond acceptors (Lipinski definition) is 4. The summed E-state index contributed by atoms with van der Waals surface area (Å²) in [5.74, 6) is 1.30. The number of carbonyl (C=O) groups excluding carboxylic acids is 1. The number of rotatable bonds is 7. The van der Waals surface area contributed by atoms with Gasteiger partial charge in [0.05, 0.1) is 13.7 Å². The molecule has 1 aromatic heterocycles. The summed E-state index contributed by atoms with van der Waals surface area (Å²) >= 11 is 1.65. The molecule has 0 fully saturated rings. The monoisotopic (exact) mass is 346 g/mol. The summed E-state index contributed by atoms with van der Waals surface area (Å²) in [6.07, 6.45) is 0. The van der Waals surface area contributed by atoms with Crippen LogP contribution in [0.5, 0.6) is 5.75 Å². The second-order valence-corrected chi connectivity index (χ2v) is 5.82. The molecule has 0 aliphatic heterocycles. The molecule has 2 aromatic rings. The normalized spacial score (nSPS) is 11.0. The molecule has 1 heterocycles. The molecule has 0 bridgehead atoms. The predicted molar refractivity (Wildman–Crippen MR) is 97.4 cm³/mol. The summed E-state index contributed by atoms with van der Waals surface area (Å²) in [6, 6.07) is 9.64. The molecule has 0 aliphatic rings. The smallest absolute Gasteiger partial charge is 0.239 e. The van der Waals surface area contributed by atoms with Crippen LogP contribution in [0.1, 0.15) is 11.1 Å². The fourth-order valence-electron chi connectivity index (χ4n) is 1.97. The summed E-state index contributed by atoms with van der Waals surface area (Å²) in [4.78, 5) is 16.0. The highest BCUT2D eigenvalue weighted by Gasteiger charge is 2.04. The van der Waals surface area contributed by atoms with E-state index >= 15 is 0 Å². The van der Waals surface area contributed by atoms with Crippen molar-refractivity contribution >= 4 is 23.2 Å². The van der Waals surface area contributed by atoms with E-state index in [-0.39, 0.29) is 12.5 Å². The molecule has 1 aromatic carbocycles. The van der Waals surface area contributed by atoms with Crippen molar-refractivity contribution < 1.29 is 9.53 Å². The second kappa shape index (κ2) is 9.57. The molecular weight excluding hydrogens is 324 g/mol. The number of thiophene rings is 1. The fourth-order valence-corrected chi connectivity index (χ4v) is 2.64. The molecule has 128 valence electrons. The third-order valence-corrected chi connectivity index (χ3v) is 4.06.